The Morgan fingerprint density at radius 1 is 1.15 bits per heavy atom. The first-order valence-corrected chi connectivity index (χ1v) is 16.9. The number of piperazine rings is 1. The van der Waals surface area contributed by atoms with Gasteiger partial charge in [-0.3, -0.25) is 9.78 Å². The highest BCUT2D eigenvalue weighted by Crippen LogP contribution is 2.39. The van der Waals surface area contributed by atoms with Gasteiger partial charge in [-0.2, -0.15) is 4.31 Å². The first-order valence-electron chi connectivity index (χ1n) is 15.0. The lowest BCUT2D eigenvalue weighted by Crippen LogP contribution is -2.58. The lowest BCUT2D eigenvalue weighted by Gasteiger charge is -2.43. The lowest BCUT2D eigenvalue weighted by molar-refractivity contribution is -0.121. The molecule has 14 heteroatoms. The third-order valence-corrected chi connectivity index (χ3v) is 10.9. The number of hydrogen-bond acceptors (Lipinski definition) is 8. The van der Waals surface area contributed by atoms with Crippen LogP contribution in [0.4, 0.5) is 14.9 Å². The normalized spacial score (nSPS) is 19.2. The Kier molecular flexibility index (Phi) is 10.9. The Hall–Kier alpha value is -3.62. The van der Waals surface area contributed by atoms with Gasteiger partial charge in [-0.15, -0.1) is 0 Å². The summed E-state index contributed by atoms with van der Waals surface area (Å²) in [6.07, 6.45) is 2.81. The number of rotatable bonds is 10. The molecule has 0 saturated carbocycles. The Labute approximate surface area is 272 Å². The number of nitrogens with zero attached hydrogens (tertiary/aromatic N) is 2. The van der Waals surface area contributed by atoms with Crippen molar-refractivity contribution in [2.45, 2.75) is 48.1 Å². The van der Waals surface area contributed by atoms with Crippen LogP contribution in [0.3, 0.4) is 0 Å². The van der Waals surface area contributed by atoms with Crippen molar-refractivity contribution in [2.24, 2.45) is 0 Å². The summed E-state index contributed by atoms with van der Waals surface area (Å²) in [4.78, 5) is 30.8. The second kappa shape index (κ2) is 14.9. The molecule has 2 saturated heterocycles. The minimum absolute atomic E-state index is 0.113. The second-order valence-corrected chi connectivity index (χ2v) is 13.6. The number of sulfonamides is 1. The fourth-order valence-electron chi connectivity index (χ4n) is 6.26. The Morgan fingerprint density at radius 2 is 1.87 bits per heavy atom. The number of aromatic nitrogens is 1. The molecule has 46 heavy (non-hydrogen) atoms. The molecule has 0 bridgehead atoms. The summed E-state index contributed by atoms with van der Waals surface area (Å²) < 4.78 is 54.3. The predicted octanol–water partition coefficient (Wildman–Crippen LogP) is 3.88. The number of nitrogens with one attached hydrogen (secondary N) is 3. The monoisotopic (exact) mass is 673 g/mol. The minimum Gasteiger partial charge on any atom is -0.453 e. The van der Waals surface area contributed by atoms with Crippen LogP contribution < -0.4 is 16.0 Å². The number of alkyl carbamates (subject to hydrolysis) is 1. The molecule has 0 spiro atoms. The maximum absolute atomic E-state index is 15.4. The summed E-state index contributed by atoms with van der Waals surface area (Å²) in [7, 11) is -2.57. The average Bonchev–Trinajstić information content (AvgIpc) is 3.08. The molecular weight excluding hydrogens is 637 g/mol. The largest absolute Gasteiger partial charge is 0.453 e. The van der Waals surface area contributed by atoms with E-state index in [0.29, 0.717) is 44.2 Å². The van der Waals surface area contributed by atoms with Crippen LogP contribution in [0.1, 0.15) is 30.4 Å². The molecule has 0 aliphatic carbocycles. The molecule has 3 N–H and O–H groups in total. The highest BCUT2D eigenvalue weighted by molar-refractivity contribution is 7.89. The number of hydrogen-bond donors (Lipinski definition) is 3. The molecule has 2 atom stereocenters. The molecule has 11 nitrogen and oxygen atoms in total. The lowest BCUT2D eigenvalue weighted by atomic mass is 9.68. The third-order valence-electron chi connectivity index (χ3n) is 8.70. The van der Waals surface area contributed by atoms with Crippen LogP contribution >= 0.6 is 11.6 Å². The number of anilines is 1. The van der Waals surface area contributed by atoms with E-state index in [0.717, 1.165) is 11.8 Å². The van der Waals surface area contributed by atoms with Gasteiger partial charge in [-0.05, 0) is 55.5 Å². The summed E-state index contributed by atoms with van der Waals surface area (Å²) in [5, 5.41) is 9.27. The molecule has 246 valence electrons. The summed E-state index contributed by atoms with van der Waals surface area (Å²) in [6, 6.07) is 13.7. The fourth-order valence-corrected chi connectivity index (χ4v) is 8.07. The van der Waals surface area contributed by atoms with E-state index >= 15 is 4.39 Å². The molecule has 2 amide bonds. The van der Waals surface area contributed by atoms with Gasteiger partial charge in [0.25, 0.3) is 0 Å². The number of amides is 2. The van der Waals surface area contributed by atoms with Gasteiger partial charge < -0.3 is 25.4 Å². The zero-order valence-electron chi connectivity index (χ0n) is 25.4. The number of halogens is 2. The number of carbonyl (C=O) groups is 2. The van der Waals surface area contributed by atoms with Gasteiger partial charge >= 0.3 is 6.09 Å². The summed E-state index contributed by atoms with van der Waals surface area (Å²) >= 11 is 6.16. The molecule has 5 rings (SSSR count). The first-order chi connectivity index (χ1) is 22.2. The molecule has 2 aliphatic rings. The van der Waals surface area contributed by atoms with E-state index in [1.807, 2.05) is 12.1 Å². The topological polar surface area (TPSA) is 139 Å². The van der Waals surface area contributed by atoms with Gasteiger partial charge in [0.2, 0.25) is 15.9 Å². The van der Waals surface area contributed by atoms with E-state index < -0.39 is 45.3 Å². The molecule has 0 radical (unpaired) electrons. The highest BCUT2D eigenvalue weighted by atomic mass is 35.5. The summed E-state index contributed by atoms with van der Waals surface area (Å²) in [6.45, 7) is 1.83. The second-order valence-electron chi connectivity index (χ2n) is 11.3. The zero-order valence-corrected chi connectivity index (χ0v) is 27.0. The van der Waals surface area contributed by atoms with Crippen LogP contribution in [0.25, 0.3) is 0 Å². The molecule has 1 aromatic heterocycles. The number of ether oxygens (including phenoxy) is 2. The predicted molar refractivity (Wildman–Crippen MR) is 171 cm³/mol. The van der Waals surface area contributed by atoms with Crippen molar-refractivity contribution < 1.29 is 31.9 Å². The standard InChI is InChI=1S/C32H37ClFN5O6S/c1-44-31(41)38-29(32(13-17-45-18-14-32)22-7-9-23(33)10-8-22)30(40)37-28-21-36-20-27(34)26(28)12-11-24-19-35-15-16-39(24)46(42,43)25-5-3-2-4-6-25/h2-10,20-21,24,29,35H,11-19H2,1H3,(H,37,40)(H,38,41)/t24-,29+/m0/s1. The van der Waals surface area contributed by atoms with Crippen molar-refractivity contribution in [1.29, 1.82) is 0 Å². The molecular formula is C32H37ClFN5O6S. The minimum atomic E-state index is -3.78. The van der Waals surface area contributed by atoms with Gasteiger partial charge in [0.15, 0.2) is 0 Å². The Morgan fingerprint density at radius 3 is 2.57 bits per heavy atom. The van der Waals surface area contributed by atoms with Crippen molar-refractivity contribution in [3.63, 3.8) is 0 Å². The Balaban J connectivity index is 1.41. The van der Waals surface area contributed by atoms with Gasteiger partial charge in [0, 0.05) is 54.9 Å². The number of benzene rings is 2. The molecule has 3 heterocycles. The Bertz CT molecular complexity index is 1620. The van der Waals surface area contributed by atoms with E-state index in [1.165, 1.54) is 17.6 Å². The zero-order chi connectivity index (χ0) is 32.7. The number of carbonyl (C=O) groups excluding carboxylic acids is 2. The number of pyridine rings is 1. The molecule has 2 fully saturated rings. The fraction of sp³-hybridized carbons (Fsp3) is 0.406. The van der Waals surface area contributed by atoms with E-state index in [2.05, 4.69) is 20.9 Å². The quantitative estimate of drug-likeness (QED) is 0.295. The highest BCUT2D eigenvalue weighted by Gasteiger charge is 2.47. The summed E-state index contributed by atoms with van der Waals surface area (Å²) in [5.41, 5.74) is 0.192. The van der Waals surface area contributed by atoms with Gasteiger partial charge in [0.1, 0.15) is 11.9 Å². The van der Waals surface area contributed by atoms with Crippen molar-refractivity contribution in [3.8, 4) is 0 Å². The van der Waals surface area contributed by atoms with Gasteiger partial charge in [0.05, 0.1) is 30.1 Å². The summed E-state index contributed by atoms with van der Waals surface area (Å²) in [5.74, 6) is -1.24. The van der Waals surface area contributed by atoms with Gasteiger partial charge in [-0.25, -0.2) is 17.6 Å². The first kappa shape index (κ1) is 33.7. The van der Waals surface area contributed by atoms with Crippen LogP contribution in [0.2, 0.25) is 5.02 Å². The van der Waals surface area contributed by atoms with E-state index in [1.54, 1.807) is 42.5 Å². The number of methoxy groups -OCH3 is 1. The van der Waals surface area contributed by atoms with Crippen molar-refractivity contribution >= 4 is 39.3 Å². The molecule has 2 aromatic carbocycles. The SMILES string of the molecule is COC(=O)N[C@H](C(=O)Nc1cncc(F)c1CC[C@H]1CNCCN1S(=O)(=O)c1ccccc1)C1(c2ccc(Cl)cc2)CCOCC1. The third kappa shape index (κ3) is 7.34. The van der Waals surface area contributed by atoms with Crippen molar-refractivity contribution in [2.75, 3.05) is 45.3 Å². The van der Waals surface area contributed by atoms with Crippen LogP contribution in [0, 0.1) is 5.82 Å². The van der Waals surface area contributed by atoms with Crippen molar-refractivity contribution in [1.82, 2.24) is 19.9 Å². The van der Waals surface area contributed by atoms with Crippen LogP contribution in [0.15, 0.2) is 71.9 Å². The smallest absolute Gasteiger partial charge is 0.407 e. The van der Waals surface area contributed by atoms with Gasteiger partial charge in [-0.1, -0.05) is 41.9 Å². The maximum atomic E-state index is 15.4. The maximum Gasteiger partial charge on any atom is 0.407 e. The molecule has 0 unspecified atom stereocenters. The van der Waals surface area contributed by atoms with E-state index in [-0.39, 0.29) is 35.5 Å². The van der Waals surface area contributed by atoms with Crippen LogP contribution in [-0.4, -0.2) is 81.7 Å². The van der Waals surface area contributed by atoms with E-state index in [9.17, 15) is 18.0 Å². The molecule has 3 aromatic rings. The van der Waals surface area contributed by atoms with Crippen molar-refractivity contribution in [3.05, 3.63) is 89.0 Å². The van der Waals surface area contributed by atoms with E-state index in [4.69, 9.17) is 21.1 Å². The van der Waals surface area contributed by atoms with Crippen LogP contribution in [-0.2, 0) is 36.1 Å². The van der Waals surface area contributed by atoms with Crippen LogP contribution in [0.5, 0.6) is 0 Å². The molecule has 2 aliphatic heterocycles. The average molecular weight is 674 g/mol.